The minimum Gasteiger partial charge on any atom is -0.497 e. The lowest BCUT2D eigenvalue weighted by molar-refractivity contribution is -0.120. The van der Waals surface area contributed by atoms with Crippen LogP contribution in [0, 0.1) is 6.92 Å². The second-order valence-corrected chi connectivity index (χ2v) is 6.35. The molecular weight excluding hydrogens is 322 g/mol. The summed E-state index contributed by atoms with van der Waals surface area (Å²) in [5.41, 5.74) is 4.30. The molecule has 3 rings (SSSR count). The summed E-state index contributed by atoms with van der Waals surface area (Å²) in [7, 11) is 1.63. The summed E-state index contributed by atoms with van der Waals surface area (Å²) in [6.45, 7) is 2.06. The SMILES string of the molecule is COc1ccc(CC(=O)N[C@@H](c2ccccc2)c2ccc(C)cc2)cc1. The molecule has 0 unspecified atom stereocenters. The molecule has 1 N–H and O–H groups in total. The molecule has 0 heterocycles. The monoisotopic (exact) mass is 345 g/mol. The Balaban J connectivity index is 1.78. The zero-order valence-corrected chi connectivity index (χ0v) is 15.1. The Kier molecular flexibility index (Phi) is 5.69. The average Bonchev–Trinajstić information content (AvgIpc) is 2.68. The van der Waals surface area contributed by atoms with Crippen LogP contribution in [0.15, 0.2) is 78.9 Å². The van der Waals surface area contributed by atoms with Crippen molar-refractivity contribution in [1.29, 1.82) is 0 Å². The van der Waals surface area contributed by atoms with Gasteiger partial charge in [-0.15, -0.1) is 0 Å². The number of benzene rings is 3. The molecule has 1 atom stereocenters. The Hall–Kier alpha value is -3.07. The van der Waals surface area contributed by atoms with Gasteiger partial charge in [-0.1, -0.05) is 72.3 Å². The van der Waals surface area contributed by atoms with Crippen molar-refractivity contribution in [2.24, 2.45) is 0 Å². The highest BCUT2D eigenvalue weighted by molar-refractivity contribution is 5.79. The van der Waals surface area contributed by atoms with Crippen LogP contribution in [0.25, 0.3) is 0 Å². The van der Waals surface area contributed by atoms with E-state index in [1.807, 2.05) is 54.6 Å². The van der Waals surface area contributed by atoms with E-state index < -0.39 is 0 Å². The van der Waals surface area contributed by atoms with Gasteiger partial charge in [0.05, 0.1) is 19.6 Å². The summed E-state index contributed by atoms with van der Waals surface area (Å²) >= 11 is 0. The lowest BCUT2D eigenvalue weighted by Gasteiger charge is -2.20. The third kappa shape index (κ3) is 4.51. The van der Waals surface area contributed by atoms with E-state index in [-0.39, 0.29) is 11.9 Å². The predicted octanol–water partition coefficient (Wildman–Crippen LogP) is 4.45. The standard InChI is InChI=1S/C23H23NO2/c1-17-8-12-20(13-9-17)23(19-6-4-3-5-7-19)24-22(25)16-18-10-14-21(26-2)15-11-18/h3-15,23H,16H2,1-2H3,(H,24,25)/t23-/m0/s1. The van der Waals surface area contributed by atoms with Gasteiger partial charge < -0.3 is 10.1 Å². The van der Waals surface area contributed by atoms with E-state index in [0.29, 0.717) is 6.42 Å². The highest BCUT2D eigenvalue weighted by Crippen LogP contribution is 2.22. The molecule has 3 heteroatoms. The van der Waals surface area contributed by atoms with E-state index in [9.17, 15) is 4.79 Å². The first-order valence-electron chi connectivity index (χ1n) is 8.69. The van der Waals surface area contributed by atoms with Crippen LogP contribution in [0.4, 0.5) is 0 Å². The van der Waals surface area contributed by atoms with Crippen molar-refractivity contribution in [3.63, 3.8) is 0 Å². The van der Waals surface area contributed by atoms with Gasteiger partial charge in [0.25, 0.3) is 0 Å². The Morgan fingerprint density at radius 2 is 1.50 bits per heavy atom. The summed E-state index contributed by atoms with van der Waals surface area (Å²) in [5, 5.41) is 3.18. The van der Waals surface area contributed by atoms with Crippen LogP contribution in [0.5, 0.6) is 5.75 Å². The molecule has 0 bridgehead atoms. The first-order valence-corrected chi connectivity index (χ1v) is 8.69. The van der Waals surface area contributed by atoms with Gasteiger partial charge in [0.1, 0.15) is 5.75 Å². The second-order valence-electron chi connectivity index (χ2n) is 6.35. The number of ether oxygens (including phenoxy) is 1. The maximum Gasteiger partial charge on any atom is 0.225 e. The van der Waals surface area contributed by atoms with Gasteiger partial charge in [-0.25, -0.2) is 0 Å². The minimum absolute atomic E-state index is 0.00963. The first-order chi connectivity index (χ1) is 12.7. The van der Waals surface area contributed by atoms with Gasteiger partial charge in [-0.2, -0.15) is 0 Å². The third-order valence-electron chi connectivity index (χ3n) is 4.37. The van der Waals surface area contributed by atoms with Crippen LogP contribution in [-0.2, 0) is 11.2 Å². The zero-order chi connectivity index (χ0) is 18.4. The highest BCUT2D eigenvalue weighted by Gasteiger charge is 2.17. The quantitative estimate of drug-likeness (QED) is 0.717. The van der Waals surface area contributed by atoms with E-state index >= 15 is 0 Å². The number of carbonyl (C=O) groups excluding carboxylic acids is 1. The van der Waals surface area contributed by atoms with Crippen LogP contribution in [0.2, 0.25) is 0 Å². The Bertz CT molecular complexity index is 840. The molecule has 1 amide bonds. The minimum atomic E-state index is -0.164. The van der Waals surface area contributed by atoms with E-state index in [1.165, 1.54) is 5.56 Å². The fraction of sp³-hybridized carbons (Fsp3) is 0.174. The van der Waals surface area contributed by atoms with Gasteiger partial charge in [-0.05, 0) is 35.7 Å². The van der Waals surface area contributed by atoms with Crippen LogP contribution in [-0.4, -0.2) is 13.0 Å². The number of aryl methyl sites for hydroxylation is 1. The summed E-state index contributed by atoms with van der Waals surface area (Å²) in [6.07, 6.45) is 0.333. The largest absolute Gasteiger partial charge is 0.497 e. The number of nitrogens with one attached hydrogen (secondary N) is 1. The molecule has 0 aliphatic rings. The Labute approximate surface area is 154 Å². The van der Waals surface area contributed by atoms with Crippen molar-refractivity contribution < 1.29 is 9.53 Å². The summed E-state index contributed by atoms with van der Waals surface area (Å²) in [5.74, 6) is 0.778. The summed E-state index contributed by atoms with van der Waals surface area (Å²) < 4.78 is 5.16. The number of carbonyl (C=O) groups is 1. The molecule has 0 aromatic heterocycles. The molecule has 0 radical (unpaired) electrons. The molecule has 3 aromatic rings. The van der Waals surface area contributed by atoms with Gasteiger partial charge in [-0.3, -0.25) is 4.79 Å². The second kappa shape index (κ2) is 8.34. The topological polar surface area (TPSA) is 38.3 Å². The maximum atomic E-state index is 12.6. The van der Waals surface area contributed by atoms with Crippen LogP contribution < -0.4 is 10.1 Å². The number of hydrogen-bond acceptors (Lipinski definition) is 2. The van der Waals surface area contributed by atoms with Crippen LogP contribution in [0.3, 0.4) is 0 Å². The number of hydrogen-bond donors (Lipinski definition) is 1. The summed E-state index contributed by atoms with van der Waals surface area (Å²) in [4.78, 5) is 12.6. The maximum absolute atomic E-state index is 12.6. The lowest BCUT2D eigenvalue weighted by Crippen LogP contribution is -2.30. The zero-order valence-electron chi connectivity index (χ0n) is 15.1. The Morgan fingerprint density at radius 3 is 2.12 bits per heavy atom. The Morgan fingerprint density at radius 1 is 0.885 bits per heavy atom. The fourth-order valence-corrected chi connectivity index (χ4v) is 2.90. The number of rotatable bonds is 6. The van der Waals surface area contributed by atoms with Crippen molar-refractivity contribution >= 4 is 5.91 Å². The van der Waals surface area contributed by atoms with Crippen molar-refractivity contribution in [2.75, 3.05) is 7.11 Å². The number of amides is 1. The molecule has 0 fully saturated rings. The van der Waals surface area contributed by atoms with Crippen LogP contribution in [0.1, 0.15) is 28.3 Å². The molecule has 26 heavy (non-hydrogen) atoms. The third-order valence-corrected chi connectivity index (χ3v) is 4.37. The summed E-state index contributed by atoms with van der Waals surface area (Å²) in [6, 6.07) is 25.7. The van der Waals surface area contributed by atoms with E-state index in [1.54, 1.807) is 7.11 Å². The average molecular weight is 345 g/mol. The van der Waals surface area contributed by atoms with E-state index in [2.05, 4.69) is 36.5 Å². The number of methoxy groups -OCH3 is 1. The van der Waals surface area contributed by atoms with Crippen molar-refractivity contribution in [3.8, 4) is 5.75 Å². The normalized spacial score (nSPS) is 11.6. The lowest BCUT2D eigenvalue weighted by atomic mass is 9.97. The molecule has 132 valence electrons. The van der Waals surface area contributed by atoms with Crippen LogP contribution >= 0.6 is 0 Å². The molecule has 0 saturated heterocycles. The molecule has 0 saturated carbocycles. The van der Waals surface area contributed by atoms with Crippen molar-refractivity contribution in [1.82, 2.24) is 5.32 Å². The highest BCUT2D eigenvalue weighted by atomic mass is 16.5. The molecular formula is C23H23NO2. The molecule has 3 aromatic carbocycles. The van der Waals surface area contributed by atoms with Gasteiger partial charge >= 0.3 is 0 Å². The molecule has 3 nitrogen and oxygen atoms in total. The van der Waals surface area contributed by atoms with E-state index in [0.717, 1.165) is 22.4 Å². The first kappa shape index (κ1) is 17.7. The van der Waals surface area contributed by atoms with Gasteiger partial charge in [0.15, 0.2) is 0 Å². The molecule has 0 spiro atoms. The van der Waals surface area contributed by atoms with Crippen molar-refractivity contribution in [2.45, 2.75) is 19.4 Å². The van der Waals surface area contributed by atoms with E-state index in [4.69, 9.17) is 4.74 Å². The van der Waals surface area contributed by atoms with Crippen molar-refractivity contribution in [3.05, 3.63) is 101 Å². The predicted molar refractivity (Wildman–Crippen MR) is 104 cm³/mol. The van der Waals surface area contributed by atoms with Gasteiger partial charge in [0, 0.05) is 0 Å². The van der Waals surface area contributed by atoms with Gasteiger partial charge in [0.2, 0.25) is 5.91 Å². The fourth-order valence-electron chi connectivity index (χ4n) is 2.90. The smallest absolute Gasteiger partial charge is 0.225 e. The molecule has 0 aliphatic heterocycles. The molecule has 0 aliphatic carbocycles.